The topological polar surface area (TPSA) is 21.9 Å². The minimum atomic E-state index is 0.205. The number of nitrogens with zero attached hydrogens (tertiary/aromatic N) is 2. The van der Waals surface area contributed by atoms with Gasteiger partial charge in [0.25, 0.3) is 0 Å². The molecule has 1 atom stereocenters. The number of hydrogen-bond donors (Lipinski definition) is 1. The lowest BCUT2D eigenvalue weighted by molar-refractivity contribution is 1.14. The zero-order chi connectivity index (χ0) is 36.0. The number of rotatable bonds is 4. The molecule has 0 aliphatic carbocycles. The maximum Gasteiger partial charge on any atom is 0.103 e. The Balaban J connectivity index is 0.950. The fourth-order valence-corrected chi connectivity index (χ4v) is 10.2. The molecule has 55 heavy (non-hydrogen) atoms. The molecule has 1 unspecified atom stereocenters. The molecule has 0 fully saturated rings. The molecule has 2 aromatic heterocycles. The van der Waals surface area contributed by atoms with Crippen LogP contribution in [-0.2, 0) is 0 Å². The Morgan fingerprint density at radius 2 is 0.964 bits per heavy atom. The van der Waals surface area contributed by atoms with Crippen molar-refractivity contribution in [2.45, 2.75) is 10.3 Å². The molecule has 1 N–H and O–H groups in total. The first-order valence-electron chi connectivity index (χ1n) is 18.9. The standard InChI is InChI=1S/C51H33N3S/c1-2-10-34(11-3-1)51-52-50-48(55-51)29-23-33-18-19-36-30-38(26-27-39(36)49(33)50)54-46-17-9-6-14-42(46)43-31-35(22-28-47(43)54)32-20-24-37(25-21-32)53-44-15-7-4-12-40(44)41-13-5-8-16-45(41)53/h1-31,51-52H. The molecule has 0 spiro atoms. The second-order valence-corrected chi connectivity index (χ2v) is 15.7. The highest BCUT2D eigenvalue weighted by Gasteiger charge is 2.25. The number of nitrogens with one attached hydrogen (secondary N) is 1. The van der Waals surface area contributed by atoms with Gasteiger partial charge in [-0.1, -0.05) is 139 Å². The van der Waals surface area contributed by atoms with Crippen LogP contribution in [0.2, 0.25) is 0 Å². The van der Waals surface area contributed by atoms with Crippen LogP contribution in [0.5, 0.6) is 0 Å². The van der Waals surface area contributed by atoms with Crippen molar-refractivity contribution in [1.29, 1.82) is 0 Å². The van der Waals surface area contributed by atoms with Crippen molar-refractivity contribution in [3.8, 4) is 22.5 Å². The molecule has 0 amide bonds. The van der Waals surface area contributed by atoms with Crippen molar-refractivity contribution in [2.75, 3.05) is 5.32 Å². The average molecular weight is 720 g/mol. The maximum atomic E-state index is 3.88. The molecule has 1 aliphatic rings. The van der Waals surface area contributed by atoms with Gasteiger partial charge in [0.1, 0.15) is 5.37 Å². The Kier molecular flexibility index (Phi) is 6.63. The summed E-state index contributed by atoms with van der Waals surface area (Å²) in [5.74, 6) is 0. The van der Waals surface area contributed by atoms with E-state index in [1.807, 2.05) is 11.8 Å². The molecule has 9 aromatic carbocycles. The van der Waals surface area contributed by atoms with E-state index >= 15 is 0 Å². The third-order valence-corrected chi connectivity index (χ3v) is 12.8. The highest BCUT2D eigenvalue weighted by atomic mass is 32.2. The van der Waals surface area contributed by atoms with E-state index < -0.39 is 0 Å². The summed E-state index contributed by atoms with van der Waals surface area (Å²) in [6.07, 6.45) is 0. The van der Waals surface area contributed by atoms with Gasteiger partial charge in [0.15, 0.2) is 0 Å². The number of para-hydroxylation sites is 3. The van der Waals surface area contributed by atoms with Crippen LogP contribution in [0.25, 0.3) is 87.7 Å². The quantitative estimate of drug-likeness (QED) is 0.183. The van der Waals surface area contributed by atoms with E-state index in [0.29, 0.717) is 0 Å². The summed E-state index contributed by atoms with van der Waals surface area (Å²) in [7, 11) is 0. The first-order chi connectivity index (χ1) is 27.3. The summed E-state index contributed by atoms with van der Waals surface area (Å²) in [4.78, 5) is 1.30. The molecule has 3 nitrogen and oxygen atoms in total. The van der Waals surface area contributed by atoms with E-state index in [9.17, 15) is 0 Å². The molecule has 258 valence electrons. The van der Waals surface area contributed by atoms with Crippen LogP contribution < -0.4 is 5.32 Å². The SMILES string of the molecule is c1ccc(C2Nc3c(ccc4ccc5cc(-n6c7ccccc7c7cc(-c8ccc(-n9c%10ccccc%10c%10ccccc%109)cc8)ccc76)ccc5c34)S2)cc1. The zero-order valence-electron chi connectivity index (χ0n) is 29.8. The number of aromatic nitrogens is 2. The fraction of sp³-hybridized carbons (Fsp3) is 0.0196. The van der Waals surface area contributed by atoms with Crippen LogP contribution >= 0.6 is 11.8 Å². The van der Waals surface area contributed by atoms with Crippen LogP contribution in [0.1, 0.15) is 10.9 Å². The monoisotopic (exact) mass is 719 g/mol. The Bertz CT molecular complexity index is 3270. The van der Waals surface area contributed by atoms with Gasteiger partial charge < -0.3 is 14.5 Å². The van der Waals surface area contributed by atoms with Crippen LogP contribution in [0, 0.1) is 0 Å². The normalized spacial score (nSPS) is 14.1. The predicted molar refractivity (Wildman–Crippen MR) is 234 cm³/mol. The molecule has 0 saturated heterocycles. The fourth-order valence-electron chi connectivity index (χ4n) is 9.01. The molecular formula is C51H33N3S. The van der Waals surface area contributed by atoms with Crippen molar-refractivity contribution >= 4 is 82.6 Å². The summed E-state index contributed by atoms with van der Waals surface area (Å²) in [5, 5.41) is 14.2. The van der Waals surface area contributed by atoms with Crippen LogP contribution in [0.15, 0.2) is 193 Å². The first kappa shape index (κ1) is 30.7. The number of benzene rings is 9. The van der Waals surface area contributed by atoms with E-state index in [0.717, 1.165) is 0 Å². The summed E-state index contributed by atoms with van der Waals surface area (Å²) in [5.41, 5.74) is 12.1. The Morgan fingerprint density at radius 3 is 1.69 bits per heavy atom. The second kappa shape index (κ2) is 11.9. The molecule has 0 radical (unpaired) electrons. The van der Waals surface area contributed by atoms with Gasteiger partial charge in [0.05, 0.1) is 27.8 Å². The highest BCUT2D eigenvalue weighted by molar-refractivity contribution is 8.00. The van der Waals surface area contributed by atoms with Crippen LogP contribution in [-0.4, -0.2) is 9.13 Å². The molecule has 12 rings (SSSR count). The van der Waals surface area contributed by atoms with E-state index in [-0.39, 0.29) is 5.37 Å². The number of hydrogen-bond acceptors (Lipinski definition) is 2. The molecule has 0 saturated carbocycles. The lowest BCUT2D eigenvalue weighted by atomic mass is 9.99. The highest BCUT2D eigenvalue weighted by Crippen LogP contribution is 2.51. The van der Waals surface area contributed by atoms with Gasteiger partial charge in [-0.25, -0.2) is 0 Å². The van der Waals surface area contributed by atoms with E-state index in [2.05, 4.69) is 203 Å². The third kappa shape index (κ3) is 4.65. The molecule has 0 bridgehead atoms. The van der Waals surface area contributed by atoms with Crippen molar-refractivity contribution in [1.82, 2.24) is 9.13 Å². The van der Waals surface area contributed by atoms with Gasteiger partial charge in [-0.05, 0) is 93.5 Å². The van der Waals surface area contributed by atoms with Gasteiger partial charge in [0.2, 0.25) is 0 Å². The van der Waals surface area contributed by atoms with Crippen molar-refractivity contribution in [2.24, 2.45) is 0 Å². The largest absolute Gasteiger partial charge is 0.368 e. The smallest absolute Gasteiger partial charge is 0.103 e. The molecule has 11 aromatic rings. The van der Waals surface area contributed by atoms with Crippen molar-refractivity contribution in [3.05, 3.63) is 194 Å². The molecule has 4 heteroatoms. The summed E-state index contributed by atoms with van der Waals surface area (Å²) < 4.78 is 4.81. The van der Waals surface area contributed by atoms with Crippen LogP contribution in [0.3, 0.4) is 0 Å². The number of thioether (sulfide) groups is 1. The van der Waals surface area contributed by atoms with Gasteiger partial charge >= 0.3 is 0 Å². The molecule has 3 heterocycles. The summed E-state index contributed by atoms with van der Waals surface area (Å²) in [6, 6.07) is 69.0. The maximum absolute atomic E-state index is 3.88. The summed E-state index contributed by atoms with van der Waals surface area (Å²) in [6.45, 7) is 0. The molecular weight excluding hydrogens is 687 g/mol. The zero-order valence-corrected chi connectivity index (χ0v) is 30.6. The van der Waals surface area contributed by atoms with Gasteiger partial charge in [0, 0.05) is 43.2 Å². The lowest BCUT2D eigenvalue weighted by Crippen LogP contribution is -2.01. The summed E-state index contributed by atoms with van der Waals surface area (Å²) >= 11 is 1.90. The predicted octanol–water partition coefficient (Wildman–Crippen LogP) is 14.1. The van der Waals surface area contributed by atoms with E-state index in [1.54, 1.807) is 0 Å². The minimum Gasteiger partial charge on any atom is -0.368 e. The van der Waals surface area contributed by atoms with Gasteiger partial charge in [-0.2, -0.15) is 0 Å². The lowest BCUT2D eigenvalue weighted by Gasteiger charge is -2.14. The van der Waals surface area contributed by atoms with Crippen LogP contribution in [0.4, 0.5) is 5.69 Å². The first-order valence-corrected chi connectivity index (χ1v) is 19.8. The van der Waals surface area contributed by atoms with Crippen molar-refractivity contribution in [3.63, 3.8) is 0 Å². The Morgan fingerprint density at radius 1 is 0.400 bits per heavy atom. The molecule has 1 aliphatic heterocycles. The minimum absolute atomic E-state index is 0.205. The van der Waals surface area contributed by atoms with E-state index in [1.165, 1.54) is 104 Å². The van der Waals surface area contributed by atoms with Crippen molar-refractivity contribution < 1.29 is 0 Å². The number of fused-ring (bicyclic) bond motifs is 11. The Labute approximate surface area is 322 Å². The average Bonchev–Trinajstić information content (AvgIpc) is 3.94. The van der Waals surface area contributed by atoms with Gasteiger partial charge in [-0.3, -0.25) is 0 Å². The van der Waals surface area contributed by atoms with E-state index in [4.69, 9.17) is 0 Å². The van der Waals surface area contributed by atoms with Gasteiger partial charge in [-0.15, -0.1) is 0 Å². The Hall–Kier alpha value is -6.75. The second-order valence-electron chi connectivity index (χ2n) is 14.6. The third-order valence-electron chi connectivity index (χ3n) is 11.5. The number of anilines is 1.